The van der Waals surface area contributed by atoms with Crippen LogP contribution in [0, 0.1) is 3.57 Å². The Hall–Kier alpha value is -2.94. The molecule has 33 heavy (non-hydrogen) atoms. The lowest BCUT2D eigenvalue weighted by atomic mass is 10.0. The van der Waals surface area contributed by atoms with Gasteiger partial charge in [0, 0.05) is 49.7 Å². The van der Waals surface area contributed by atoms with Crippen LogP contribution in [0.15, 0.2) is 72.9 Å². The van der Waals surface area contributed by atoms with Gasteiger partial charge in [-0.3, -0.25) is 4.79 Å². The van der Waals surface area contributed by atoms with Gasteiger partial charge in [-0.1, -0.05) is 35.9 Å². The number of amides is 1. The van der Waals surface area contributed by atoms with Crippen molar-refractivity contribution in [2.45, 2.75) is 13.1 Å². The van der Waals surface area contributed by atoms with Gasteiger partial charge in [-0.2, -0.15) is 0 Å². The fourth-order valence-electron chi connectivity index (χ4n) is 3.97. The van der Waals surface area contributed by atoms with E-state index >= 15 is 0 Å². The number of benzene rings is 3. The number of pyridine rings is 1. The van der Waals surface area contributed by atoms with E-state index in [1.807, 2.05) is 72.9 Å². The van der Waals surface area contributed by atoms with Crippen LogP contribution < -0.4 is 11.1 Å². The Kier molecular flexibility index (Phi) is 6.05. The molecule has 2 heterocycles. The van der Waals surface area contributed by atoms with Gasteiger partial charge in [-0.15, -0.1) is 0 Å². The first-order valence-corrected chi connectivity index (χ1v) is 11.9. The van der Waals surface area contributed by atoms with Gasteiger partial charge in [0.25, 0.3) is 5.91 Å². The van der Waals surface area contributed by atoms with Crippen LogP contribution in [0.3, 0.4) is 0 Å². The Labute approximate surface area is 209 Å². The van der Waals surface area contributed by atoms with E-state index in [2.05, 4.69) is 32.9 Å². The van der Waals surface area contributed by atoms with Gasteiger partial charge in [0.1, 0.15) is 0 Å². The Morgan fingerprint density at radius 1 is 1.03 bits per heavy atom. The van der Waals surface area contributed by atoms with Gasteiger partial charge in [0.15, 0.2) is 0 Å². The SMILES string of the molecule is NCc1cccc(CNC(=O)c2cc(-c3c[nH]c4ccc(Cl)cc34)nc3ccc(I)cc23)c1. The molecular weight excluding hydrogens is 547 g/mol. The van der Waals surface area contributed by atoms with Crippen LogP contribution in [0.5, 0.6) is 0 Å². The van der Waals surface area contributed by atoms with Crippen molar-refractivity contribution in [2.24, 2.45) is 5.73 Å². The molecule has 0 aliphatic heterocycles. The summed E-state index contributed by atoms with van der Waals surface area (Å²) in [7, 11) is 0. The second kappa shape index (κ2) is 9.13. The zero-order valence-corrected chi connectivity index (χ0v) is 20.4. The van der Waals surface area contributed by atoms with E-state index < -0.39 is 0 Å². The summed E-state index contributed by atoms with van der Waals surface area (Å²) in [6.45, 7) is 0.881. The molecule has 5 aromatic rings. The zero-order chi connectivity index (χ0) is 22.9. The molecule has 5 nitrogen and oxygen atoms in total. The number of H-pyrrole nitrogens is 1. The Bertz CT molecular complexity index is 1510. The summed E-state index contributed by atoms with van der Waals surface area (Å²) >= 11 is 8.49. The summed E-state index contributed by atoms with van der Waals surface area (Å²) in [5.41, 5.74) is 11.7. The lowest BCUT2D eigenvalue weighted by molar-refractivity contribution is 0.0952. The van der Waals surface area contributed by atoms with Crippen LogP contribution in [0.1, 0.15) is 21.5 Å². The third-order valence-electron chi connectivity index (χ3n) is 5.62. The number of nitrogens with zero attached hydrogens (tertiary/aromatic N) is 1. The lowest BCUT2D eigenvalue weighted by Crippen LogP contribution is -2.23. The smallest absolute Gasteiger partial charge is 0.252 e. The van der Waals surface area contributed by atoms with Gasteiger partial charge in [-0.25, -0.2) is 4.98 Å². The maximum absolute atomic E-state index is 13.3. The molecule has 0 saturated heterocycles. The molecule has 4 N–H and O–H groups in total. The highest BCUT2D eigenvalue weighted by Crippen LogP contribution is 2.32. The maximum Gasteiger partial charge on any atom is 0.252 e. The molecule has 0 aliphatic carbocycles. The summed E-state index contributed by atoms with van der Waals surface area (Å²) in [5.74, 6) is -0.151. The second-order valence-electron chi connectivity index (χ2n) is 7.82. The standard InChI is InChI=1S/C26H20ClIN4O/c27-17-4-6-23-19(9-17)22(14-30-23)25-11-21(20-10-18(28)5-7-24(20)32-25)26(33)31-13-16-3-1-2-15(8-16)12-29/h1-11,14,30H,12-13,29H2,(H,31,33). The van der Waals surface area contributed by atoms with Crippen LogP contribution in [0.25, 0.3) is 33.1 Å². The largest absolute Gasteiger partial charge is 0.360 e. The summed E-state index contributed by atoms with van der Waals surface area (Å²) in [6, 6.07) is 21.4. The van der Waals surface area contributed by atoms with Crippen LogP contribution >= 0.6 is 34.2 Å². The minimum atomic E-state index is -0.151. The molecule has 1 amide bonds. The van der Waals surface area contributed by atoms with Gasteiger partial charge in [0.05, 0.1) is 16.8 Å². The van der Waals surface area contributed by atoms with E-state index in [0.717, 1.165) is 42.1 Å². The van der Waals surface area contributed by atoms with E-state index in [-0.39, 0.29) is 5.91 Å². The molecule has 0 aliphatic rings. The lowest BCUT2D eigenvalue weighted by Gasteiger charge is -2.11. The van der Waals surface area contributed by atoms with Crippen molar-refractivity contribution in [3.8, 4) is 11.3 Å². The minimum Gasteiger partial charge on any atom is -0.360 e. The van der Waals surface area contributed by atoms with Crippen molar-refractivity contribution in [1.29, 1.82) is 0 Å². The van der Waals surface area contributed by atoms with E-state index in [4.69, 9.17) is 22.3 Å². The number of aromatic amines is 1. The average Bonchev–Trinajstić information content (AvgIpc) is 3.25. The summed E-state index contributed by atoms with van der Waals surface area (Å²) in [4.78, 5) is 21.5. The molecular formula is C26H20ClIN4O. The first-order chi connectivity index (χ1) is 16.0. The van der Waals surface area contributed by atoms with E-state index in [0.29, 0.717) is 29.4 Å². The third kappa shape index (κ3) is 4.46. The van der Waals surface area contributed by atoms with Crippen LogP contribution in [0.2, 0.25) is 5.02 Å². The van der Waals surface area contributed by atoms with Crippen molar-refractivity contribution in [2.75, 3.05) is 0 Å². The fraction of sp³-hybridized carbons (Fsp3) is 0.0769. The summed E-state index contributed by atoms with van der Waals surface area (Å²) < 4.78 is 1.04. The number of aromatic nitrogens is 2. The van der Waals surface area contributed by atoms with Gasteiger partial charge in [-0.05, 0) is 76.2 Å². The first-order valence-electron chi connectivity index (χ1n) is 10.5. The summed E-state index contributed by atoms with van der Waals surface area (Å²) in [6.07, 6.45) is 1.90. The highest BCUT2D eigenvalue weighted by atomic mass is 127. The monoisotopic (exact) mass is 566 g/mol. The number of hydrogen-bond acceptors (Lipinski definition) is 3. The normalized spacial score (nSPS) is 11.2. The number of nitrogens with one attached hydrogen (secondary N) is 2. The second-order valence-corrected chi connectivity index (χ2v) is 9.50. The highest BCUT2D eigenvalue weighted by Gasteiger charge is 2.16. The maximum atomic E-state index is 13.3. The number of carbonyl (C=O) groups excluding carboxylic acids is 1. The van der Waals surface area contributed by atoms with Crippen molar-refractivity contribution in [1.82, 2.24) is 15.3 Å². The number of halogens is 2. The number of nitrogens with two attached hydrogens (primary N) is 1. The highest BCUT2D eigenvalue weighted by molar-refractivity contribution is 14.1. The van der Waals surface area contributed by atoms with Gasteiger partial charge >= 0.3 is 0 Å². The predicted octanol–water partition coefficient (Wildman–Crippen LogP) is 6.03. The van der Waals surface area contributed by atoms with Crippen LogP contribution in [-0.2, 0) is 13.1 Å². The molecule has 164 valence electrons. The molecule has 0 spiro atoms. The molecule has 0 fully saturated rings. The van der Waals surface area contributed by atoms with Crippen LogP contribution in [-0.4, -0.2) is 15.9 Å². The number of fused-ring (bicyclic) bond motifs is 2. The molecule has 0 bridgehead atoms. The molecule has 3 aromatic carbocycles. The Morgan fingerprint density at radius 3 is 2.73 bits per heavy atom. The summed E-state index contributed by atoms with van der Waals surface area (Å²) in [5, 5.41) is 5.49. The number of rotatable bonds is 5. The van der Waals surface area contributed by atoms with Crippen molar-refractivity contribution >= 4 is 61.9 Å². The fourth-order valence-corrected chi connectivity index (χ4v) is 4.64. The number of hydrogen-bond donors (Lipinski definition) is 3. The predicted molar refractivity (Wildman–Crippen MR) is 142 cm³/mol. The molecule has 0 unspecified atom stereocenters. The van der Waals surface area contributed by atoms with Crippen LogP contribution in [0.4, 0.5) is 0 Å². The minimum absolute atomic E-state index is 0.151. The van der Waals surface area contributed by atoms with E-state index in [9.17, 15) is 4.79 Å². The molecule has 2 aromatic heterocycles. The van der Waals surface area contributed by atoms with E-state index in [1.54, 1.807) is 0 Å². The average molecular weight is 567 g/mol. The molecule has 0 radical (unpaired) electrons. The van der Waals surface area contributed by atoms with Crippen molar-refractivity contribution in [3.05, 3.63) is 98.2 Å². The zero-order valence-electron chi connectivity index (χ0n) is 17.5. The van der Waals surface area contributed by atoms with Crippen molar-refractivity contribution < 1.29 is 4.79 Å². The number of carbonyl (C=O) groups is 1. The molecule has 7 heteroatoms. The van der Waals surface area contributed by atoms with Gasteiger partial charge in [0.2, 0.25) is 0 Å². The topological polar surface area (TPSA) is 83.8 Å². The molecule has 0 saturated carbocycles. The first kappa shape index (κ1) is 21.9. The molecule has 0 atom stereocenters. The third-order valence-corrected chi connectivity index (χ3v) is 6.52. The Morgan fingerprint density at radius 2 is 1.88 bits per heavy atom. The van der Waals surface area contributed by atoms with Gasteiger partial charge < -0.3 is 16.0 Å². The molecule has 5 rings (SSSR count). The Balaban J connectivity index is 1.57. The van der Waals surface area contributed by atoms with Crippen molar-refractivity contribution in [3.63, 3.8) is 0 Å². The quantitative estimate of drug-likeness (QED) is 0.227. The van der Waals surface area contributed by atoms with E-state index in [1.165, 1.54) is 0 Å².